The zero-order chi connectivity index (χ0) is 9.64. The summed E-state index contributed by atoms with van der Waals surface area (Å²) in [6.45, 7) is 0. The molecule has 1 aliphatic heterocycles. The van der Waals surface area contributed by atoms with Crippen LogP contribution in [0.5, 0.6) is 0 Å². The van der Waals surface area contributed by atoms with Gasteiger partial charge in [0.15, 0.2) is 0 Å². The van der Waals surface area contributed by atoms with Crippen LogP contribution < -0.4 is 11.2 Å². The van der Waals surface area contributed by atoms with Crippen molar-refractivity contribution >= 4 is 11.9 Å². The molecule has 0 spiro atoms. The van der Waals surface area contributed by atoms with Gasteiger partial charge in [-0.05, 0) is 6.42 Å². The van der Waals surface area contributed by atoms with Gasteiger partial charge in [-0.1, -0.05) is 0 Å². The molecule has 6 nitrogen and oxygen atoms in total. The fourth-order valence-electron chi connectivity index (χ4n) is 1.65. The molecular weight excluding hydrogens is 176 g/mol. The van der Waals surface area contributed by atoms with E-state index in [0.29, 0.717) is 6.42 Å². The number of hydroxylamine groups is 1. The Bertz CT molecular complexity index is 280. The topological polar surface area (TPSA) is 102 Å². The van der Waals surface area contributed by atoms with Gasteiger partial charge in [0, 0.05) is 5.92 Å². The Labute approximate surface area is 74.0 Å². The summed E-state index contributed by atoms with van der Waals surface area (Å²) in [6.07, 6.45) is 0.201. The number of carbonyl (C=O) groups excluding carboxylic acids is 1. The predicted octanol–water partition coefficient (Wildman–Crippen LogP) is -1.39. The van der Waals surface area contributed by atoms with Crippen LogP contribution in [0.25, 0.3) is 0 Å². The normalized spacial score (nSPS) is 43.0. The molecule has 2 aliphatic rings. The van der Waals surface area contributed by atoms with Crippen molar-refractivity contribution < 1.29 is 19.5 Å². The Morgan fingerprint density at radius 2 is 2.46 bits per heavy atom. The van der Waals surface area contributed by atoms with Crippen molar-refractivity contribution in [3.05, 3.63) is 0 Å². The SMILES string of the molecule is N[C@]1(C(=O)O)C[C@H]1[C@H]1CC(=O)NO1. The molecule has 0 radical (unpaired) electrons. The fraction of sp³-hybridized carbons (Fsp3) is 0.714. The minimum atomic E-state index is -1.18. The average molecular weight is 186 g/mol. The van der Waals surface area contributed by atoms with E-state index in [1.165, 1.54) is 0 Å². The lowest BCUT2D eigenvalue weighted by atomic mass is 10.1. The van der Waals surface area contributed by atoms with E-state index < -0.39 is 11.5 Å². The second-order valence-corrected chi connectivity index (χ2v) is 3.54. The lowest BCUT2D eigenvalue weighted by Crippen LogP contribution is -2.38. The number of rotatable bonds is 2. The van der Waals surface area contributed by atoms with Crippen LogP contribution in [0.1, 0.15) is 12.8 Å². The predicted molar refractivity (Wildman–Crippen MR) is 40.3 cm³/mol. The zero-order valence-corrected chi connectivity index (χ0v) is 6.82. The minimum Gasteiger partial charge on any atom is -0.480 e. The van der Waals surface area contributed by atoms with E-state index in [1.54, 1.807) is 0 Å². The molecule has 0 bridgehead atoms. The Morgan fingerprint density at radius 1 is 1.77 bits per heavy atom. The number of nitrogens with one attached hydrogen (secondary N) is 1. The van der Waals surface area contributed by atoms with Gasteiger partial charge in [0.1, 0.15) is 5.54 Å². The van der Waals surface area contributed by atoms with Gasteiger partial charge in [0.2, 0.25) is 5.91 Å². The number of nitrogens with two attached hydrogens (primary N) is 1. The maximum absolute atomic E-state index is 10.7. The molecule has 13 heavy (non-hydrogen) atoms. The maximum Gasteiger partial charge on any atom is 0.324 e. The molecule has 1 saturated heterocycles. The van der Waals surface area contributed by atoms with Gasteiger partial charge in [0.05, 0.1) is 12.5 Å². The number of carboxylic acid groups (broad SMARTS) is 1. The lowest BCUT2D eigenvalue weighted by Gasteiger charge is -2.08. The Hall–Kier alpha value is -1.14. The van der Waals surface area contributed by atoms with E-state index in [-0.39, 0.29) is 24.3 Å². The second-order valence-electron chi connectivity index (χ2n) is 3.54. The Kier molecular flexibility index (Phi) is 1.58. The van der Waals surface area contributed by atoms with E-state index in [2.05, 4.69) is 5.48 Å². The summed E-state index contributed by atoms with van der Waals surface area (Å²) in [7, 11) is 0. The molecule has 0 aromatic heterocycles. The van der Waals surface area contributed by atoms with E-state index in [0.717, 1.165) is 0 Å². The minimum absolute atomic E-state index is 0.205. The molecule has 1 amide bonds. The highest BCUT2D eigenvalue weighted by Crippen LogP contribution is 2.46. The molecule has 0 aromatic rings. The highest BCUT2D eigenvalue weighted by molar-refractivity contribution is 5.84. The molecule has 0 unspecified atom stereocenters. The zero-order valence-electron chi connectivity index (χ0n) is 6.82. The van der Waals surface area contributed by atoms with Gasteiger partial charge in [0.25, 0.3) is 0 Å². The third-order valence-electron chi connectivity index (χ3n) is 2.62. The van der Waals surface area contributed by atoms with Gasteiger partial charge >= 0.3 is 5.97 Å². The Balaban J connectivity index is 1.99. The third kappa shape index (κ3) is 1.18. The largest absolute Gasteiger partial charge is 0.480 e. The summed E-state index contributed by atoms with van der Waals surface area (Å²) in [6, 6.07) is 0. The highest BCUT2D eigenvalue weighted by atomic mass is 16.7. The number of carbonyl (C=O) groups is 2. The van der Waals surface area contributed by atoms with Gasteiger partial charge in [-0.2, -0.15) is 0 Å². The molecule has 2 fully saturated rings. The number of hydrogen-bond donors (Lipinski definition) is 3. The Morgan fingerprint density at radius 3 is 2.85 bits per heavy atom. The molecule has 1 saturated carbocycles. The molecule has 2 rings (SSSR count). The lowest BCUT2D eigenvalue weighted by molar-refractivity contribution is -0.140. The van der Waals surface area contributed by atoms with Crippen LogP contribution in [0.15, 0.2) is 0 Å². The first-order valence-electron chi connectivity index (χ1n) is 4.01. The summed E-state index contributed by atoms with van der Waals surface area (Å²) in [5.74, 6) is -1.49. The molecule has 6 heteroatoms. The molecule has 1 heterocycles. The van der Waals surface area contributed by atoms with Crippen molar-refractivity contribution in [3.8, 4) is 0 Å². The van der Waals surface area contributed by atoms with Crippen molar-refractivity contribution in [1.82, 2.24) is 5.48 Å². The summed E-state index contributed by atoms with van der Waals surface area (Å²) >= 11 is 0. The van der Waals surface area contributed by atoms with Crippen LogP contribution in [0.4, 0.5) is 0 Å². The summed E-state index contributed by atoms with van der Waals surface area (Å²) in [5, 5.41) is 8.72. The van der Waals surface area contributed by atoms with Gasteiger partial charge < -0.3 is 10.8 Å². The third-order valence-corrected chi connectivity index (χ3v) is 2.62. The van der Waals surface area contributed by atoms with Gasteiger partial charge in [-0.25, -0.2) is 5.48 Å². The molecule has 3 atom stereocenters. The van der Waals surface area contributed by atoms with Gasteiger partial charge in [-0.15, -0.1) is 0 Å². The van der Waals surface area contributed by atoms with E-state index in [9.17, 15) is 9.59 Å². The smallest absolute Gasteiger partial charge is 0.324 e. The van der Waals surface area contributed by atoms with Crippen LogP contribution >= 0.6 is 0 Å². The van der Waals surface area contributed by atoms with Crippen LogP contribution in [-0.4, -0.2) is 28.6 Å². The van der Waals surface area contributed by atoms with Crippen LogP contribution in [0, 0.1) is 5.92 Å². The van der Waals surface area contributed by atoms with Crippen molar-refractivity contribution in [2.24, 2.45) is 11.7 Å². The van der Waals surface area contributed by atoms with E-state index in [4.69, 9.17) is 15.7 Å². The number of hydrogen-bond acceptors (Lipinski definition) is 4. The first kappa shape index (κ1) is 8.46. The first-order chi connectivity index (χ1) is 6.04. The first-order valence-corrected chi connectivity index (χ1v) is 4.01. The van der Waals surface area contributed by atoms with Crippen LogP contribution in [-0.2, 0) is 14.4 Å². The molecule has 72 valence electrons. The van der Waals surface area contributed by atoms with Crippen molar-refractivity contribution in [1.29, 1.82) is 0 Å². The highest BCUT2D eigenvalue weighted by Gasteiger charge is 2.62. The van der Waals surface area contributed by atoms with Crippen molar-refractivity contribution in [2.75, 3.05) is 0 Å². The van der Waals surface area contributed by atoms with E-state index in [1.807, 2.05) is 0 Å². The summed E-state index contributed by atoms with van der Waals surface area (Å²) in [4.78, 5) is 26.3. The quantitative estimate of drug-likeness (QED) is 0.492. The van der Waals surface area contributed by atoms with E-state index >= 15 is 0 Å². The number of carboxylic acids is 1. The summed E-state index contributed by atoms with van der Waals surface area (Å²) < 4.78 is 0. The van der Waals surface area contributed by atoms with Crippen LogP contribution in [0.3, 0.4) is 0 Å². The number of aliphatic carboxylic acids is 1. The monoisotopic (exact) mass is 186 g/mol. The second kappa shape index (κ2) is 2.43. The van der Waals surface area contributed by atoms with Crippen molar-refractivity contribution in [2.45, 2.75) is 24.5 Å². The molecule has 0 aromatic carbocycles. The van der Waals surface area contributed by atoms with Gasteiger partial charge in [-0.3, -0.25) is 14.4 Å². The van der Waals surface area contributed by atoms with Crippen molar-refractivity contribution in [3.63, 3.8) is 0 Å². The molecule has 4 N–H and O–H groups in total. The average Bonchev–Trinajstić information content (AvgIpc) is 2.55. The fourth-order valence-corrected chi connectivity index (χ4v) is 1.65. The standard InChI is InChI=1S/C7H10N2O4/c8-7(6(11)12)2-3(7)4-1-5(10)9-13-4/h3-4H,1-2,8H2,(H,9,10)(H,11,12)/t3-,4+,7+/m0/s1. The maximum atomic E-state index is 10.7. The van der Waals surface area contributed by atoms with Crippen LogP contribution in [0.2, 0.25) is 0 Å². The molecular formula is C7H10N2O4. The summed E-state index contributed by atoms with van der Waals surface area (Å²) in [5.41, 5.74) is 6.54. The number of amides is 1. The molecule has 1 aliphatic carbocycles.